The molecular weight excluding hydrogens is 272 g/mol. The van der Waals surface area contributed by atoms with E-state index in [1.165, 1.54) is 13.3 Å². The minimum Gasteiger partial charge on any atom is -0.467 e. The summed E-state index contributed by atoms with van der Waals surface area (Å²) in [6.07, 6.45) is 6.37. The van der Waals surface area contributed by atoms with Gasteiger partial charge in [-0.05, 0) is 6.07 Å². The van der Waals surface area contributed by atoms with Gasteiger partial charge in [-0.25, -0.2) is 14.5 Å². The third kappa shape index (κ3) is 2.12. The second-order valence-corrected chi connectivity index (χ2v) is 4.35. The van der Waals surface area contributed by atoms with Gasteiger partial charge >= 0.3 is 6.01 Å². The van der Waals surface area contributed by atoms with Crippen LogP contribution in [0.4, 0.5) is 5.69 Å². The Bertz CT molecular complexity index is 825. The highest BCUT2D eigenvalue weighted by atomic mass is 16.5. The molecule has 3 rings (SSSR count). The van der Waals surface area contributed by atoms with Gasteiger partial charge in [-0.15, -0.1) is 0 Å². The molecule has 8 heteroatoms. The highest BCUT2D eigenvalue weighted by molar-refractivity contribution is 6.01. The van der Waals surface area contributed by atoms with E-state index in [4.69, 9.17) is 16.2 Å². The van der Waals surface area contributed by atoms with Gasteiger partial charge in [0.05, 0.1) is 30.1 Å². The zero-order chi connectivity index (χ0) is 15.0. The minimum absolute atomic E-state index is 0.193. The van der Waals surface area contributed by atoms with Crippen LogP contribution in [-0.4, -0.2) is 32.6 Å². The lowest BCUT2D eigenvalue weighted by Gasteiger charge is -2.02. The maximum Gasteiger partial charge on any atom is 0.316 e. The molecule has 1 amide bonds. The Morgan fingerprint density at radius 1 is 1.24 bits per heavy atom. The third-order valence-electron chi connectivity index (χ3n) is 3.09. The molecule has 0 aliphatic heterocycles. The third-order valence-corrected chi connectivity index (χ3v) is 3.09. The quantitative estimate of drug-likeness (QED) is 0.721. The molecule has 3 aromatic heterocycles. The van der Waals surface area contributed by atoms with E-state index in [0.29, 0.717) is 5.52 Å². The number of primary amides is 1. The number of nitrogens with two attached hydrogens (primary N) is 2. The summed E-state index contributed by atoms with van der Waals surface area (Å²) in [6.45, 7) is 0. The molecule has 0 fully saturated rings. The summed E-state index contributed by atoms with van der Waals surface area (Å²) in [6, 6.07) is 2.08. The Labute approximate surface area is 119 Å². The first-order chi connectivity index (χ1) is 10.1. The number of nitrogens with zero attached hydrogens (tertiary/aromatic N) is 4. The summed E-state index contributed by atoms with van der Waals surface area (Å²) in [5.41, 5.74) is 13.9. The number of amides is 1. The number of hydrogen-bond donors (Lipinski definition) is 2. The van der Waals surface area contributed by atoms with E-state index in [1.807, 2.05) is 0 Å². The molecule has 0 unspecified atom stereocenters. The number of methoxy groups -OCH3 is 1. The molecule has 0 radical (unpaired) electrons. The van der Waals surface area contributed by atoms with E-state index >= 15 is 0 Å². The fourth-order valence-electron chi connectivity index (χ4n) is 2.00. The van der Waals surface area contributed by atoms with E-state index in [9.17, 15) is 4.79 Å². The summed E-state index contributed by atoms with van der Waals surface area (Å²) in [5.74, 6) is -0.613. The molecule has 0 aliphatic carbocycles. The van der Waals surface area contributed by atoms with Crippen LogP contribution in [0.15, 0.2) is 30.9 Å². The predicted molar refractivity (Wildman–Crippen MR) is 75.7 cm³/mol. The van der Waals surface area contributed by atoms with Crippen molar-refractivity contribution in [1.29, 1.82) is 0 Å². The van der Waals surface area contributed by atoms with Gasteiger partial charge in [0.25, 0.3) is 5.91 Å². The van der Waals surface area contributed by atoms with Crippen molar-refractivity contribution in [3.05, 3.63) is 36.4 Å². The number of nitrogen functional groups attached to an aromatic ring is 1. The average Bonchev–Trinajstić information content (AvgIpc) is 2.92. The van der Waals surface area contributed by atoms with E-state index in [0.717, 1.165) is 11.1 Å². The number of ether oxygens (including phenoxy) is 1. The van der Waals surface area contributed by atoms with Gasteiger partial charge in [-0.2, -0.15) is 5.10 Å². The Kier molecular flexibility index (Phi) is 2.90. The van der Waals surface area contributed by atoms with Crippen LogP contribution in [-0.2, 0) is 0 Å². The van der Waals surface area contributed by atoms with Crippen LogP contribution in [0, 0.1) is 0 Å². The first-order valence-corrected chi connectivity index (χ1v) is 6.03. The Morgan fingerprint density at radius 3 is 2.57 bits per heavy atom. The smallest absolute Gasteiger partial charge is 0.316 e. The number of carbonyl (C=O) groups is 1. The zero-order valence-corrected chi connectivity index (χ0v) is 11.1. The van der Waals surface area contributed by atoms with Crippen LogP contribution in [0.2, 0.25) is 0 Å². The van der Waals surface area contributed by atoms with Crippen molar-refractivity contribution in [3.63, 3.8) is 0 Å². The molecule has 0 saturated carbocycles. The Hall–Kier alpha value is -3.16. The summed E-state index contributed by atoms with van der Waals surface area (Å²) >= 11 is 0. The molecule has 0 bridgehead atoms. The van der Waals surface area contributed by atoms with Crippen LogP contribution in [0.25, 0.3) is 16.6 Å². The molecule has 0 saturated heterocycles. The highest BCUT2D eigenvalue weighted by Crippen LogP contribution is 2.26. The normalized spacial score (nSPS) is 10.7. The molecule has 3 aromatic rings. The fourth-order valence-corrected chi connectivity index (χ4v) is 2.00. The van der Waals surface area contributed by atoms with Gasteiger partial charge in [0, 0.05) is 29.7 Å². The van der Waals surface area contributed by atoms with Crippen molar-refractivity contribution in [2.24, 2.45) is 5.73 Å². The van der Waals surface area contributed by atoms with Crippen LogP contribution in [0.1, 0.15) is 10.4 Å². The topological polar surface area (TPSA) is 121 Å². The van der Waals surface area contributed by atoms with Crippen molar-refractivity contribution in [1.82, 2.24) is 19.6 Å². The molecule has 0 aromatic carbocycles. The summed E-state index contributed by atoms with van der Waals surface area (Å²) in [4.78, 5) is 19.4. The number of anilines is 1. The first kappa shape index (κ1) is 12.9. The van der Waals surface area contributed by atoms with Gasteiger partial charge < -0.3 is 16.2 Å². The molecule has 8 nitrogen and oxygen atoms in total. The molecule has 4 N–H and O–H groups in total. The van der Waals surface area contributed by atoms with E-state index < -0.39 is 5.91 Å². The Morgan fingerprint density at radius 2 is 1.95 bits per heavy atom. The molecule has 3 heterocycles. The number of carbonyl (C=O) groups excluding carboxylic acids is 1. The number of fused-ring (bicyclic) bond motifs is 1. The lowest BCUT2D eigenvalue weighted by atomic mass is 10.1. The minimum atomic E-state index is -0.613. The fraction of sp³-hybridized carbons (Fsp3) is 0.0769. The average molecular weight is 284 g/mol. The summed E-state index contributed by atoms with van der Waals surface area (Å²) in [7, 11) is 1.50. The predicted octanol–water partition coefficient (Wildman–Crippen LogP) is 0.481. The monoisotopic (exact) mass is 284 g/mol. The van der Waals surface area contributed by atoms with Gasteiger partial charge in [0.1, 0.15) is 0 Å². The van der Waals surface area contributed by atoms with Crippen molar-refractivity contribution >= 4 is 17.1 Å². The molecule has 21 heavy (non-hydrogen) atoms. The second-order valence-electron chi connectivity index (χ2n) is 4.35. The summed E-state index contributed by atoms with van der Waals surface area (Å²) < 4.78 is 6.48. The molecule has 0 atom stereocenters. The zero-order valence-electron chi connectivity index (χ0n) is 11.1. The molecule has 0 spiro atoms. The van der Waals surface area contributed by atoms with Crippen molar-refractivity contribution < 1.29 is 9.53 Å². The molecule has 106 valence electrons. The van der Waals surface area contributed by atoms with Crippen molar-refractivity contribution in [3.8, 4) is 17.1 Å². The SMILES string of the molecule is COc1ncc(-c2cc3c(N)c(C(N)=O)cnn3c2)cn1. The maximum absolute atomic E-state index is 11.3. The van der Waals surface area contributed by atoms with Crippen LogP contribution >= 0.6 is 0 Å². The molecule has 0 aliphatic rings. The largest absolute Gasteiger partial charge is 0.467 e. The first-order valence-electron chi connectivity index (χ1n) is 6.03. The number of aromatic nitrogens is 4. The van der Waals surface area contributed by atoms with Crippen molar-refractivity contribution in [2.45, 2.75) is 0 Å². The van der Waals surface area contributed by atoms with E-state index in [1.54, 1.807) is 29.2 Å². The van der Waals surface area contributed by atoms with Crippen molar-refractivity contribution in [2.75, 3.05) is 12.8 Å². The van der Waals surface area contributed by atoms with Gasteiger partial charge in [0.15, 0.2) is 0 Å². The highest BCUT2D eigenvalue weighted by Gasteiger charge is 2.13. The maximum atomic E-state index is 11.3. The second kappa shape index (κ2) is 4.75. The van der Waals surface area contributed by atoms with Gasteiger partial charge in [-0.3, -0.25) is 4.79 Å². The van der Waals surface area contributed by atoms with Gasteiger partial charge in [0.2, 0.25) is 0 Å². The van der Waals surface area contributed by atoms with Gasteiger partial charge in [-0.1, -0.05) is 0 Å². The van der Waals surface area contributed by atoms with Crippen LogP contribution < -0.4 is 16.2 Å². The standard InChI is InChI=1S/C13H12N6O2/c1-21-13-16-3-8(4-17-13)7-2-10-11(14)9(12(15)20)5-18-19(10)6-7/h2-6H,14H2,1H3,(H2,15,20). The lowest BCUT2D eigenvalue weighted by molar-refractivity contribution is 0.100. The number of rotatable bonds is 3. The van der Waals surface area contributed by atoms with E-state index in [2.05, 4.69) is 15.1 Å². The molecular formula is C13H12N6O2. The lowest BCUT2D eigenvalue weighted by Crippen LogP contribution is -2.15. The summed E-state index contributed by atoms with van der Waals surface area (Å²) in [5, 5.41) is 4.11. The van der Waals surface area contributed by atoms with Crippen LogP contribution in [0.5, 0.6) is 6.01 Å². The van der Waals surface area contributed by atoms with E-state index in [-0.39, 0.29) is 17.3 Å². The Balaban J connectivity index is 2.12. The number of hydrogen-bond acceptors (Lipinski definition) is 6. The van der Waals surface area contributed by atoms with Crippen LogP contribution in [0.3, 0.4) is 0 Å².